The highest BCUT2D eigenvalue weighted by Crippen LogP contribution is 2.33. The van der Waals surface area contributed by atoms with E-state index in [1.807, 2.05) is 32.4 Å². The van der Waals surface area contributed by atoms with Crippen molar-refractivity contribution >= 4 is 21.4 Å². The lowest BCUT2D eigenvalue weighted by Crippen LogP contribution is -2.35. The Kier molecular flexibility index (Phi) is 4.37. The van der Waals surface area contributed by atoms with Crippen LogP contribution in [0, 0.1) is 20.8 Å². The van der Waals surface area contributed by atoms with Gasteiger partial charge in [-0.2, -0.15) is 4.31 Å². The van der Waals surface area contributed by atoms with Gasteiger partial charge in [-0.3, -0.25) is 0 Å². The topological polar surface area (TPSA) is 55.2 Å². The lowest BCUT2D eigenvalue weighted by Gasteiger charge is -2.25. The van der Waals surface area contributed by atoms with Crippen molar-refractivity contribution in [3.05, 3.63) is 22.3 Å². The number of aryl methyl sites for hydroxylation is 2. The molecule has 23 heavy (non-hydrogen) atoms. The molecule has 1 saturated heterocycles. The van der Waals surface area contributed by atoms with Crippen LogP contribution in [0.4, 0.5) is 0 Å². The molecule has 1 fully saturated rings. The third kappa shape index (κ3) is 2.86. The summed E-state index contributed by atoms with van der Waals surface area (Å²) in [4.78, 5) is 6.16. The summed E-state index contributed by atoms with van der Waals surface area (Å²) >= 11 is 1.61. The highest BCUT2D eigenvalue weighted by Gasteiger charge is 2.30. The molecule has 0 spiro atoms. The average Bonchev–Trinajstić information content (AvgIpc) is 3.01. The summed E-state index contributed by atoms with van der Waals surface area (Å²) in [6, 6.07) is 1.79. The second kappa shape index (κ2) is 6.03. The van der Waals surface area contributed by atoms with Crippen molar-refractivity contribution in [2.75, 3.05) is 13.1 Å². The molecule has 0 unspecified atom stereocenters. The van der Waals surface area contributed by atoms with Gasteiger partial charge in [0.1, 0.15) is 9.90 Å². The van der Waals surface area contributed by atoms with E-state index in [0.29, 0.717) is 18.0 Å². The Bertz CT molecular complexity index is 808. The van der Waals surface area contributed by atoms with Gasteiger partial charge in [-0.25, -0.2) is 13.4 Å². The monoisotopic (exact) mass is 353 g/mol. The third-order valence-corrected chi connectivity index (χ3v) is 7.78. The minimum Gasteiger partial charge on any atom is -0.345 e. The molecule has 7 heteroatoms. The van der Waals surface area contributed by atoms with Gasteiger partial charge in [-0.05, 0) is 39.7 Å². The third-order valence-electron chi connectivity index (χ3n) is 4.67. The highest BCUT2D eigenvalue weighted by molar-refractivity contribution is 7.89. The van der Waals surface area contributed by atoms with Crippen molar-refractivity contribution < 1.29 is 8.42 Å². The summed E-state index contributed by atoms with van der Waals surface area (Å²) in [6.07, 6.45) is 3.01. The Balaban J connectivity index is 2.06. The van der Waals surface area contributed by atoms with Gasteiger partial charge in [0.05, 0.1) is 11.4 Å². The van der Waals surface area contributed by atoms with Crippen LogP contribution in [0.3, 0.4) is 0 Å². The van der Waals surface area contributed by atoms with E-state index in [4.69, 9.17) is 0 Å². The first kappa shape index (κ1) is 16.7. The van der Waals surface area contributed by atoms with E-state index in [1.165, 1.54) is 4.88 Å². The maximum atomic E-state index is 13.0. The number of sulfonamides is 1. The zero-order chi connectivity index (χ0) is 16.8. The molecule has 0 saturated carbocycles. The van der Waals surface area contributed by atoms with Crippen molar-refractivity contribution in [3.63, 3.8) is 0 Å². The summed E-state index contributed by atoms with van der Waals surface area (Å²) in [6.45, 7) is 7.14. The largest absolute Gasteiger partial charge is 0.345 e. The second-order valence-corrected chi connectivity index (χ2v) is 9.27. The quantitative estimate of drug-likeness (QED) is 0.851. The molecule has 2 aromatic heterocycles. The number of rotatable bonds is 3. The van der Waals surface area contributed by atoms with Gasteiger partial charge in [0.25, 0.3) is 0 Å². The summed E-state index contributed by atoms with van der Waals surface area (Å²) < 4.78 is 29.5. The molecule has 0 aromatic carbocycles. The number of thiazole rings is 1. The van der Waals surface area contributed by atoms with E-state index in [2.05, 4.69) is 4.98 Å². The fourth-order valence-corrected chi connectivity index (χ4v) is 5.72. The molecule has 3 heterocycles. The van der Waals surface area contributed by atoms with Crippen molar-refractivity contribution in [2.24, 2.45) is 7.05 Å². The molecular formula is C16H23N3O2S2. The second-order valence-electron chi connectivity index (χ2n) is 6.16. The number of hydrogen-bond acceptors (Lipinski definition) is 4. The smallest absolute Gasteiger partial charge is 0.244 e. The summed E-state index contributed by atoms with van der Waals surface area (Å²) in [7, 11) is -1.51. The number of nitrogens with zero attached hydrogens (tertiary/aromatic N) is 3. The molecule has 0 aliphatic carbocycles. The van der Waals surface area contributed by atoms with Crippen LogP contribution in [-0.2, 0) is 17.1 Å². The Hall–Kier alpha value is -1.18. The summed E-state index contributed by atoms with van der Waals surface area (Å²) in [5, 5.41) is 0.880. The van der Waals surface area contributed by atoms with Gasteiger partial charge in [0, 0.05) is 30.7 Å². The molecule has 126 valence electrons. The molecule has 0 radical (unpaired) electrons. The predicted molar refractivity (Wildman–Crippen MR) is 93.3 cm³/mol. The van der Waals surface area contributed by atoms with Crippen LogP contribution in [0.5, 0.6) is 0 Å². The molecule has 2 aromatic rings. The van der Waals surface area contributed by atoms with Gasteiger partial charge < -0.3 is 4.57 Å². The van der Waals surface area contributed by atoms with Gasteiger partial charge in [0.2, 0.25) is 10.0 Å². The van der Waals surface area contributed by atoms with Crippen molar-refractivity contribution in [2.45, 2.75) is 44.9 Å². The molecule has 0 bridgehead atoms. The number of piperidine rings is 1. The molecule has 3 rings (SSSR count). The molecule has 1 aliphatic heterocycles. The number of hydrogen-bond donors (Lipinski definition) is 0. The van der Waals surface area contributed by atoms with Crippen LogP contribution in [0.2, 0.25) is 0 Å². The maximum Gasteiger partial charge on any atom is 0.244 e. The Morgan fingerprint density at radius 3 is 2.35 bits per heavy atom. The lowest BCUT2D eigenvalue weighted by molar-refractivity contribution is 0.346. The first-order valence-corrected chi connectivity index (χ1v) is 10.2. The van der Waals surface area contributed by atoms with Gasteiger partial charge in [-0.1, -0.05) is 6.42 Å². The summed E-state index contributed by atoms with van der Waals surface area (Å²) in [5.41, 5.74) is 2.65. The molecule has 0 N–H and O–H groups in total. The van der Waals surface area contributed by atoms with Crippen LogP contribution in [0.25, 0.3) is 10.7 Å². The zero-order valence-corrected chi connectivity index (χ0v) is 15.7. The van der Waals surface area contributed by atoms with Crippen LogP contribution < -0.4 is 0 Å². The van der Waals surface area contributed by atoms with E-state index in [9.17, 15) is 8.42 Å². The van der Waals surface area contributed by atoms with Crippen LogP contribution >= 0.6 is 11.3 Å². The van der Waals surface area contributed by atoms with Gasteiger partial charge in [0.15, 0.2) is 0 Å². The standard InChI is InChI=1S/C16H23N3O2S2/c1-11-13(3)22-16(17-11)14-10-15(12(2)18(14)4)23(20,21)19-8-6-5-7-9-19/h10H,5-9H2,1-4H3. The number of aromatic nitrogens is 2. The normalized spacial score (nSPS) is 16.9. The average molecular weight is 354 g/mol. The fraction of sp³-hybridized carbons (Fsp3) is 0.562. The maximum absolute atomic E-state index is 13.0. The highest BCUT2D eigenvalue weighted by atomic mass is 32.2. The van der Waals surface area contributed by atoms with Crippen molar-refractivity contribution in [1.82, 2.24) is 13.9 Å². The molecule has 0 amide bonds. The molecular weight excluding hydrogens is 330 g/mol. The zero-order valence-electron chi connectivity index (χ0n) is 14.1. The lowest BCUT2D eigenvalue weighted by atomic mass is 10.2. The first-order chi connectivity index (χ1) is 10.8. The van der Waals surface area contributed by atoms with Crippen LogP contribution in [0.15, 0.2) is 11.0 Å². The molecule has 1 aliphatic rings. The van der Waals surface area contributed by atoms with Crippen molar-refractivity contribution in [3.8, 4) is 10.7 Å². The first-order valence-electron chi connectivity index (χ1n) is 7.93. The van der Waals surface area contributed by atoms with E-state index < -0.39 is 10.0 Å². The van der Waals surface area contributed by atoms with Crippen molar-refractivity contribution in [1.29, 1.82) is 0 Å². The summed E-state index contributed by atoms with van der Waals surface area (Å²) in [5.74, 6) is 0. The van der Waals surface area contributed by atoms with Gasteiger partial charge in [-0.15, -0.1) is 11.3 Å². The SMILES string of the molecule is Cc1nc(-c2cc(S(=O)(=O)N3CCCCC3)c(C)n2C)sc1C. The van der Waals surface area contributed by atoms with Crippen LogP contribution in [-0.4, -0.2) is 35.4 Å². The van der Waals surface area contributed by atoms with E-state index in [1.54, 1.807) is 21.7 Å². The van der Waals surface area contributed by atoms with E-state index >= 15 is 0 Å². The van der Waals surface area contributed by atoms with E-state index in [-0.39, 0.29) is 0 Å². The molecule has 5 nitrogen and oxygen atoms in total. The molecule has 0 atom stereocenters. The minimum atomic E-state index is -3.42. The minimum absolute atomic E-state index is 0.419. The fourth-order valence-electron chi connectivity index (χ4n) is 2.96. The predicted octanol–water partition coefficient (Wildman–Crippen LogP) is 3.25. The Morgan fingerprint density at radius 1 is 1.13 bits per heavy atom. The van der Waals surface area contributed by atoms with E-state index in [0.717, 1.165) is 41.4 Å². The van der Waals surface area contributed by atoms with Gasteiger partial charge >= 0.3 is 0 Å². The Labute approximate surface area is 142 Å². The Morgan fingerprint density at radius 2 is 1.78 bits per heavy atom. The van der Waals surface area contributed by atoms with Crippen LogP contribution in [0.1, 0.15) is 35.5 Å².